The van der Waals surface area contributed by atoms with Gasteiger partial charge in [0.1, 0.15) is 19.8 Å². The second-order valence-corrected chi connectivity index (χ2v) is 3.38. The van der Waals surface area contributed by atoms with Gasteiger partial charge in [-0.1, -0.05) is 0 Å². The van der Waals surface area contributed by atoms with Crippen molar-refractivity contribution in [1.29, 1.82) is 0 Å². The third-order valence-electron chi connectivity index (χ3n) is 2.28. The SMILES string of the molecule is CC[NH2+]Cc1ccc2c(c1)OCCO2. The molecule has 3 nitrogen and oxygen atoms in total. The fourth-order valence-corrected chi connectivity index (χ4v) is 1.53. The van der Waals surface area contributed by atoms with Gasteiger partial charge in [0.15, 0.2) is 11.5 Å². The summed E-state index contributed by atoms with van der Waals surface area (Å²) in [5.41, 5.74) is 1.29. The average Bonchev–Trinajstić information content (AvgIpc) is 2.26. The molecule has 0 aliphatic carbocycles. The number of hydrogen-bond acceptors (Lipinski definition) is 2. The molecule has 0 amide bonds. The first-order chi connectivity index (χ1) is 6.90. The van der Waals surface area contributed by atoms with E-state index in [1.807, 2.05) is 6.07 Å². The lowest BCUT2D eigenvalue weighted by Crippen LogP contribution is -2.81. The molecule has 0 atom stereocenters. The highest BCUT2D eigenvalue weighted by atomic mass is 16.6. The predicted molar refractivity (Wildman–Crippen MR) is 53.6 cm³/mol. The second-order valence-electron chi connectivity index (χ2n) is 3.38. The molecule has 1 aliphatic rings. The molecule has 1 aliphatic heterocycles. The molecule has 0 saturated carbocycles. The molecule has 0 aromatic heterocycles. The normalized spacial score (nSPS) is 14.1. The number of fused-ring (bicyclic) bond motifs is 1. The van der Waals surface area contributed by atoms with E-state index in [4.69, 9.17) is 9.47 Å². The minimum Gasteiger partial charge on any atom is -0.486 e. The quantitative estimate of drug-likeness (QED) is 0.762. The molecule has 0 bridgehead atoms. The number of quaternary nitrogens is 1. The molecule has 14 heavy (non-hydrogen) atoms. The minimum atomic E-state index is 0.660. The highest BCUT2D eigenvalue weighted by Crippen LogP contribution is 2.30. The maximum atomic E-state index is 5.51. The molecular weight excluding hydrogens is 178 g/mol. The van der Waals surface area contributed by atoms with Gasteiger partial charge in [0.25, 0.3) is 0 Å². The summed E-state index contributed by atoms with van der Waals surface area (Å²) in [5, 5.41) is 2.26. The second kappa shape index (κ2) is 4.33. The van der Waals surface area contributed by atoms with Gasteiger partial charge in [-0.3, -0.25) is 0 Å². The molecule has 1 aromatic carbocycles. The van der Waals surface area contributed by atoms with Gasteiger partial charge in [-0.2, -0.15) is 0 Å². The summed E-state index contributed by atoms with van der Waals surface area (Å²) < 4.78 is 11.0. The van der Waals surface area contributed by atoms with Gasteiger partial charge in [-0.05, 0) is 25.1 Å². The van der Waals surface area contributed by atoms with Gasteiger partial charge in [-0.15, -0.1) is 0 Å². The largest absolute Gasteiger partial charge is 0.486 e. The van der Waals surface area contributed by atoms with E-state index in [0.717, 1.165) is 24.6 Å². The zero-order chi connectivity index (χ0) is 9.80. The Hall–Kier alpha value is -1.22. The lowest BCUT2D eigenvalue weighted by Gasteiger charge is -2.18. The maximum Gasteiger partial charge on any atom is 0.161 e. The maximum absolute atomic E-state index is 5.51. The molecular formula is C11H16NO2+. The van der Waals surface area contributed by atoms with Crippen molar-refractivity contribution in [3.05, 3.63) is 23.8 Å². The Morgan fingerprint density at radius 2 is 2.00 bits per heavy atom. The Bertz CT molecular complexity index is 312. The first-order valence-corrected chi connectivity index (χ1v) is 5.10. The minimum absolute atomic E-state index is 0.660. The van der Waals surface area contributed by atoms with Gasteiger partial charge in [0, 0.05) is 5.56 Å². The van der Waals surface area contributed by atoms with Crippen LogP contribution in [0, 0.1) is 0 Å². The third-order valence-corrected chi connectivity index (χ3v) is 2.28. The van der Waals surface area contributed by atoms with Crippen LogP contribution < -0.4 is 14.8 Å². The molecule has 2 rings (SSSR count). The number of ether oxygens (including phenoxy) is 2. The van der Waals surface area contributed by atoms with Crippen molar-refractivity contribution in [3.8, 4) is 11.5 Å². The Labute approximate surface area is 84.0 Å². The summed E-state index contributed by atoms with van der Waals surface area (Å²) >= 11 is 0. The van der Waals surface area contributed by atoms with E-state index in [1.165, 1.54) is 5.56 Å². The van der Waals surface area contributed by atoms with Crippen molar-refractivity contribution in [2.75, 3.05) is 19.8 Å². The summed E-state index contributed by atoms with van der Waals surface area (Å²) in [5.74, 6) is 1.76. The van der Waals surface area contributed by atoms with Crippen molar-refractivity contribution in [2.24, 2.45) is 0 Å². The molecule has 0 unspecified atom stereocenters. The number of rotatable bonds is 3. The average molecular weight is 194 g/mol. The van der Waals surface area contributed by atoms with Crippen LogP contribution in [-0.4, -0.2) is 19.8 Å². The standard InChI is InChI=1S/C11H15NO2/c1-2-12-8-9-3-4-10-11(7-9)14-6-5-13-10/h3-4,7,12H,2,5-6,8H2,1H3/p+1. The predicted octanol–water partition coefficient (Wildman–Crippen LogP) is 0.541. The van der Waals surface area contributed by atoms with E-state index >= 15 is 0 Å². The van der Waals surface area contributed by atoms with E-state index in [9.17, 15) is 0 Å². The zero-order valence-corrected chi connectivity index (χ0v) is 8.45. The van der Waals surface area contributed by atoms with Crippen LogP contribution in [0.25, 0.3) is 0 Å². The number of hydrogen-bond donors (Lipinski definition) is 1. The Morgan fingerprint density at radius 3 is 2.79 bits per heavy atom. The molecule has 0 saturated heterocycles. The van der Waals surface area contributed by atoms with Crippen molar-refractivity contribution < 1.29 is 14.8 Å². The lowest BCUT2D eigenvalue weighted by molar-refractivity contribution is -0.667. The van der Waals surface area contributed by atoms with E-state index in [0.29, 0.717) is 13.2 Å². The molecule has 1 aromatic rings. The van der Waals surface area contributed by atoms with Crippen LogP contribution in [0.5, 0.6) is 11.5 Å². The van der Waals surface area contributed by atoms with Crippen LogP contribution in [0.3, 0.4) is 0 Å². The smallest absolute Gasteiger partial charge is 0.161 e. The Morgan fingerprint density at radius 1 is 1.21 bits per heavy atom. The fourth-order valence-electron chi connectivity index (χ4n) is 1.53. The first kappa shape index (κ1) is 9.34. The Kier molecular flexibility index (Phi) is 2.89. The van der Waals surface area contributed by atoms with Crippen LogP contribution in [0.1, 0.15) is 12.5 Å². The van der Waals surface area contributed by atoms with Crippen molar-refractivity contribution in [2.45, 2.75) is 13.5 Å². The summed E-state index contributed by atoms with van der Waals surface area (Å²) in [6, 6.07) is 6.16. The summed E-state index contributed by atoms with van der Waals surface area (Å²) in [4.78, 5) is 0. The van der Waals surface area contributed by atoms with E-state index in [1.54, 1.807) is 0 Å². The van der Waals surface area contributed by atoms with Gasteiger partial charge in [-0.25, -0.2) is 0 Å². The molecule has 1 heterocycles. The lowest BCUT2D eigenvalue weighted by atomic mass is 10.2. The number of benzene rings is 1. The molecule has 76 valence electrons. The molecule has 0 radical (unpaired) electrons. The van der Waals surface area contributed by atoms with Crippen LogP contribution in [0.15, 0.2) is 18.2 Å². The topological polar surface area (TPSA) is 35.1 Å². The van der Waals surface area contributed by atoms with Crippen molar-refractivity contribution in [1.82, 2.24) is 0 Å². The zero-order valence-electron chi connectivity index (χ0n) is 8.45. The Balaban J connectivity index is 2.12. The van der Waals surface area contributed by atoms with E-state index < -0.39 is 0 Å². The summed E-state index contributed by atoms with van der Waals surface area (Å²) in [6.45, 7) is 5.58. The van der Waals surface area contributed by atoms with Crippen LogP contribution >= 0.6 is 0 Å². The van der Waals surface area contributed by atoms with E-state index in [-0.39, 0.29) is 0 Å². The molecule has 3 heteroatoms. The summed E-state index contributed by atoms with van der Waals surface area (Å²) in [6.07, 6.45) is 0. The third kappa shape index (κ3) is 1.99. The van der Waals surface area contributed by atoms with Crippen LogP contribution in [-0.2, 0) is 6.54 Å². The first-order valence-electron chi connectivity index (χ1n) is 5.10. The van der Waals surface area contributed by atoms with Gasteiger partial charge in [0.2, 0.25) is 0 Å². The van der Waals surface area contributed by atoms with Crippen molar-refractivity contribution in [3.63, 3.8) is 0 Å². The van der Waals surface area contributed by atoms with Crippen molar-refractivity contribution >= 4 is 0 Å². The highest BCUT2D eigenvalue weighted by Gasteiger charge is 2.11. The van der Waals surface area contributed by atoms with E-state index in [2.05, 4.69) is 24.4 Å². The van der Waals surface area contributed by atoms with Crippen LogP contribution in [0.2, 0.25) is 0 Å². The molecule has 0 spiro atoms. The van der Waals surface area contributed by atoms with Crippen LogP contribution in [0.4, 0.5) is 0 Å². The van der Waals surface area contributed by atoms with Gasteiger partial charge in [0.05, 0.1) is 6.54 Å². The summed E-state index contributed by atoms with van der Waals surface area (Å²) in [7, 11) is 0. The molecule has 0 fully saturated rings. The number of nitrogens with two attached hydrogens (primary N) is 1. The van der Waals surface area contributed by atoms with Gasteiger partial charge < -0.3 is 14.8 Å². The monoisotopic (exact) mass is 194 g/mol. The molecule has 2 N–H and O–H groups in total. The highest BCUT2D eigenvalue weighted by molar-refractivity contribution is 5.43. The fraction of sp³-hybridized carbons (Fsp3) is 0.455. The van der Waals surface area contributed by atoms with Gasteiger partial charge >= 0.3 is 0 Å².